The van der Waals surface area contributed by atoms with Crippen LogP contribution in [0.3, 0.4) is 0 Å². The highest BCUT2D eigenvalue weighted by Crippen LogP contribution is 1.80. The summed E-state index contributed by atoms with van der Waals surface area (Å²) >= 11 is 1.67. The lowest BCUT2D eigenvalue weighted by atomic mass is 10.4. The minimum atomic E-state index is 1.03. The van der Waals surface area contributed by atoms with Gasteiger partial charge in [0.15, 0.2) is 0 Å². The average Bonchev–Trinajstić information content (AvgIpc) is 2.39. The fourth-order valence-corrected chi connectivity index (χ4v) is 1.62. The van der Waals surface area contributed by atoms with E-state index in [1.165, 1.54) is 4.53 Å². The zero-order chi connectivity index (χ0) is 8.10. The van der Waals surface area contributed by atoms with Crippen molar-refractivity contribution in [2.75, 3.05) is 0 Å². The van der Waals surface area contributed by atoms with Gasteiger partial charge in [0.05, 0.1) is 15.4 Å². The van der Waals surface area contributed by atoms with Crippen molar-refractivity contribution in [3.63, 3.8) is 0 Å². The van der Waals surface area contributed by atoms with Crippen LogP contribution in [-0.2, 0) is 0 Å². The van der Waals surface area contributed by atoms with E-state index in [4.69, 9.17) is 0 Å². The lowest BCUT2D eigenvalue weighted by molar-refractivity contribution is 1.27. The normalized spacial score (nSPS) is 13.9. The van der Waals surface area contributed by atoms with Gasteiger partial charge in [0.1, 0.15) is 0 Å². The van der Waals surface area contributed by atoms with Crippen molar-refractivity contribution in [3.05, 3.63) is 28.0 Å². The third-order valence-electron chi connectivity index (χ3n) is 1.29. The summed E-state index contributed by atoms with van der Waals surface area (Å²) in [7, 11) is 0. The van der Waals surface area contributed by atoms with E-state index in [0.717, 1.165) is 11.8 Å². The van der Waals surface area contributed by atoms with Crippen LogP contribution in [-0.4, -0.2) is 4.98 Å². The van der Waals surface area contributed by atoms with E-state index in [9.17, 15) is 0 Å². The molecule has 0 aliphatic carbocycles. The third kappa shape index (κ3) is 2.02. The summed E-state index contributed by atoms with van der Waals surface area (Å²) in [4.78, 5) is 4.19. The first kappa shape index (κ1) is 8.21. The number of allylic oxidation sites excluding steroid dienone is 1. The Bertz CT molecular complexity index is 335. The van der Waals surface area contributed by atoms with E-state index in [0.29, 0.717) is 0 Å². The van der Waals surface area contributed by atoms with Crippen molar-refractivity contribution in [3.8, 4) is 0 Å². The molecule has 0 atom stereocenters. The highest BCUT2D eigenvalue weighted by molar-refractivity contribution is 7.07. The van der Waals surface area contributed by atoms with Crippen LogP contribution in [0.25, 0.3) is 12.2 Å². The first-order chi connectivity index (χ1) is 5.38. The van der Waals surface area contributed by atoms with Crippen LogP contribution in [0.4, 0.5) is 0 Å². The van der Waals surface area contributed by atoms with Gasteiger partial charge >= 0.3 is 0 Å². The second kappa shape index (κ2) is 4.09. The highest BCUT2D eigenvalue weighted by Gasteiger charge is 1.84. The first-order valence-corrected chi connectivity index (χ1v) is 4.49. The van der Waals surface area contributed by atoms with Crippen LogP contribution >= 0.6 is 11.3 Å². The molecule has 0 N–H and O–H groups in total. The Morgan fingerprint density at radius 1 is 1.73 bits per heavy atom. The SMILES string of the molecule is C=C/C=c1/ncs/c1=C/CC. The number of aromatic nitrogens is 1. The summed E-state index contributed by atoms with van der Waals surface area (Å²) in [6.45, 7) is 5.75. The van der Waals surface area contributed by atoms with Gasteiger partial charge in [-0.3, -0.25) is 0 Å². The van der Waals surface area contributed by atoms with Gasteiger partial charge in [0.2, 0.25) is 0 Å². The molecular formula is C9H11NS. The van der Waals surface area contributed by atoms with Crippen molar-refractivity contribution in [2.45, 2.75) is 13.3 Å². The Hall–Kier alpha value is -0.890. The number of hydrogen-bond acceptors (Lipinski definition) is 2. The Morgan fingerprint density at radius 3 is 3.18 bits per heavy atom. The monoisotopic (exact) mass is 165 g/mol. The van der Waals surface area contributed by atoms with E-state index >= 15 is 0 Å². The number of hydrogen-bond donors (Lipinski definition) is 0. The number of nitrogens with zero attached hydrogens (tertiary/aromatic N) is 1. The van der Waals surface area contributed by atoms with E-state index < -0.39 is 0 Å². The molecule has 58 valence electrons. The zero-order valence-corrected chi connectivity index (χ0v) is 7.40. The maximum atomic E-state index is 4.19. The molecule has 0 radical (unpaired) electrons. The molecule has 1 heterocycles. The molecule has 0 aromatic carbocycles. The minimum absolute atomic E-state index is 1.03. The molecule has 0 aliphatic rings. The lowest BCUT2D eigenvalue weighted by Gasteiger charge is -1.75. The molecule has 0 unspecified atom stereocenters. The summed E-state index contributed by atoms with van der Waals surface area (Å²) in [5.74, 6) is 0. The summed E-state index contributed by atoms with van der Waals surface area (Å²) in [5, 5.41) is 1.03. The van der Waals surface area contributed by atoms with Crippen molar-refractivity contribution in [1.29, 1.82) is 0 Å². The lowest BCUT2D eigenvalue weighted by Crippen LogP contribution is -2.19. The van der Waals surface area contributed by atoms with Crippen molar-refractivity contribution in [2.24, 2.45) is 0 Å². The van der Waals surface area contributed by atoms with Crippen LogP contribution in [0.15, 0.2) is 18.2 Å². The fourth-order valence-electron chi connectivity index (χ4n) is 0.839. The molecule has 2 heteroatoms. The van der Waals surface area contributed by atoms with Crippen molar-refractivity contribution >= 4 is 23.5 Å². The highest BCUT2D eigenvalue weighted by atomic mass is 32.1. The Balaban J connectivity index is 3.27. The van der Waals surface area contributed by atoms with E-state index in [-0.39, 0.29) is 0 Å². The third-order valence-corrected chi connectivity index (χ3v) is 2.13. The molecular weight excluding hydrogens is 154 g/mol. The molecule has 1 nitrogen and oxygen atoms in total. The van der Waals surface area contributed by atoms with Gasteiger partial charge in [-0.15, -0.1) is 11.3 Å². The average molecular weight is 165 g/mol. The molecule has 0 fully saturated rings. The molecule has 0 bridgehead atoms. The molecule has 1 aromatic rings. The quantitative estimate of drug-likeness (QED) is 0.643. The largest absolute Gasteiger partial charge is 0.245 e. The molecule has 0 amide bonds. The fraction of sp³-hybridized carbons (Fsp3) is 0.222. The summed E-state index contributed by atoms with van der Waals surface area (Å²) in [6, 6.07) is 0. The first-order valence-electron chi connectivity index (χ1n) is 3.61. The summed E-state index contributed by atoms with van der Waals surface area (Å²) in [6.07, 6.45) is 6.92. The second-order valence-corrected chi connectivity index (χ2v) is 3.00. The van der Waals surface area contributed by atoms with Crippen LogP contribution < -0.4 is 9.88 Å². The molecule has 1 rings (SSSR count). The molecule has 11 heavy (non-hydrogen) atoms. The van der Waals surface area contributed by atoms with Gasteiger partial charge in [-0.25, -0.2) is 4.98 Å². The Kier molecular flexibility index (Phi) is 3.05. The maximum Gasteiger partial charge on any atom is 0.0808 e. The summed E-state index contributed by atoms with van der Waals surface area (Å²) in [5.41, 5.74) is 1.86. The Morgan fingerprint density at radius 2 is 2.55 bits per heavy atom. The molecule has 0 spiro atoms. The number of rotatable bonds is 2. The van der Waals surface area contributed by atoms with Crippen LogP contribution in [0.2, 0.25) is 0 Å². The van der Waals surface area contributed by atoms with Gasteiger partial charge in [0, 0.05) is 0 Å². The minimum Gasteiger partial charge on any atom is -0.245 e. The Labute approximate surface area is 70.4 Å². The molecule has 0 saturated carbocycles. The predicted octanol–water partition coefficient (Wildman–Crippen LogP) is 1.30. The molecule has 1 aromatic heterocycles. The zero-order valence-electron chi connectivity index (χ0n) is 6.58. The van der Waals surface area contributed by atoms with Crippen molar-refractivity contribution < 1.29 is 0 Å². The standard InChI is InChI=1S/C9H11NS/c1-3-5-8-9(6-4-2)11-7-10-8/h3,5-7H,1,4H2,2H3/b8-5+,9-6+. The van der Waals surface area contributed by atoms with Gasteiger partial charge < -0.3 is 0 Å². The second-order valence-electron chi connectivity index (χ2n) is 2.12. The van der Waals surface area contributed by atoms with Crippen molar-refractivity contribution in [1.82, 2.24) is 4.98 Å². The van der Waals surface area contributed by atoms with Crippen LogP contribution in [0.5, 0.6) is 0 Å². The van der Waals surface area contributed by atoms with Gasteiger partial charge in [-0.05, 0) is 12.5 Å². The van der Waals surface area contributed by atoms with E-state index in [2.05, 4.69) is 24.6 Å². The topological polar surface area (TPSA) is 12.9 Å². The van der Waals surface area contributed by atoms with Gasteiger partial charge in [-0.2, -0.15) is 0 Å². The van der Waals surface area contributed by atoms with E-state index in [1.54, 1.807) is 17.4 Å². The van der Waals surface area contributed by atoms with Crippen LogP contribution in [0.1, 0.15) is 13.3 Å². The van der Waals surface area contributed by atoms with Gasteiger partial charge in [-0.1, -0.05) is 25.7 Å². The molecule has 0 saturated heterocycles. The van der Waals surface area contributed by atoms with Crippen LogP contribution in [0, 0.1) is 0 Å². The smallest absolute Gasteiger partial charge is 0.0808 e. The molecule has 0 aliphatic heterocycles. The maximum absolute atomic E-state index is 4.19. The predicted molar refractivity (Wildman–Crippen MR) is 50.8 cm³/mol. The van der Waals surface area contributed by atoms with Gasteiger partial charge in [0.25, 0.3) is 0 Å². The summed E-state index contributed by atoms with van der Waals surface area (Å²) < 4.78 is 1.24. The van der Waals surface area contributed by atoms with E-state index in [1.807, 2.05) is 11.6 Å². The number of thiazole rings is 1.